The Bertz CT molecular complexity index is 714. The van der Waals surface area contributed by atoms with Gasteiger partial charge in [-0.15, -0.1) is 0 Å². The van der Waals surface area contributed by atoms with Gasteiger partial charge in [-0.2, -0.15) is 8.42 Å². The van der Waals surface area contributed by atoms with Crippen LogP contribution in [-0.4, -0.2) is 30.7 Å². The van der Waals surface area contributed by atoms with Crippen LogP contribution in [0.5, 0.6) is 0 Å². The summed E-state index contributed by atoms with van der Waals surface area (Å²) in [5.74, 6) is -0.898. The Morgan fingerprint density at radius 1 is 1.00 bits per heavy atom. The number of rotatable bonds is 6. The SMILES string of the molecule is O=C(NC(Cc1ccccc1)CS(=O)(=O)O)c1ccccc1. The molecule has 116 valence electrons. The molecule has 0 aliphatic carbocycles. The van der Waals surface area contributed by atoms with Crippen LogP contribution in [0.4, 0.5) is 0 Å². The Kier molecular flexibility index (Phi) is 5.30. The summed E-state index contributed by atoms with van der Waals surface area (Å²) in [6.07, 6.45) is 0.319. The number of nitrogens with one attached hydrogen (secondary N) is 1. The van der Waals surface area contributed by atoms with Gasteiger partial charge in [-0.25, -0.2) is 0 Å². The molecular formula is C16H17NO4S. The molecule has 5 nitrogen and oxygen atoms in total. The van der Waals surface area contributed by atoms with E-state index in [9.17, 15) is 13.2 Å². The van der Waals surface area contributed by atoms with Crippen molar-refractivity contribution < 1.29 is 17.8 Å². The van der Waals surface area contributed by atoms with E-state index in [0.29, 0.717) is 12.0 Å². The summed E-state index contributed by atoms with van der Waals surface area (Å²) < 4.78 is 31.4. The van der Waals surface area contributed by atoms with Crippen molar-refractivity contribution in [2.75, 3.05) is 5.75 Å². The zero-order valence-corrected chi connectivity index (χ0v) is 12.7. The minimum Gasteiger partial charge on any atom is -0.348 e. The summed E-state index contributed by atoms with van der Waals surface area (Å²) in [5.41, 5.74) is 1.32. The number of amides is 1. The number of hydrogen-bond acceptors (Lipinski definition) is 3. The fraction of sp³-hybridized carbons (Fsp3) is 0.188. The van der Waals surface area contributed by atoms with Crippen molar-refractivity contribution in [3.8, 4) is 0 Å². The molecule has 0 aromatic heterocycles. The van der Waals surface area contributed by atoms with Crippen molar-refractivity contribution in [3.05, 3.63) is 71.8 Å². The Hall–Kier alpha value is -2.18. The van der Waals surface area contributed by atoms with Gasteiger partial charge >= 0.3 is 0 Å². The molecule has 1 unspecified atom stereocenters. The smallest absolute Gasteiger partial charge is 0.266 e. The summed E-state index contributed by atoms with van der Waals surface area (Å²) in [6.45, 7) is 0. The highest BCUT2D eigenvalue weighted by molar-refractivity contribution is 7.85. The van der Waals surface area contributed by atoms with Crippen LogP contribution in [0.15, 0.2) is 60.7 Å². The molecule has 6 heteroatoms. The van der Waals surface area contributed by atoms with Crippen molar-refractivity contribution in [2.45, 2.75) is 12.5 Å². The Balaban J connectivity index is 2.12. The second-order valence-electron chi connectivity index (χ2n) is 4.97. The van der Waals surface area contributed by atoms with Gasteiger partial charge in [-0.05, 0) is 24.1 Å². The lowest BCUT2D eigenvalue weighted by atomic mass is 10.1. The highest BCUT2D eigenvalue weighted by Crippen LogP contribution is 2.07. The maximum Gasteiger partial charge on any atom is 0.266 e. The van der Waals surface area contributed by atoms with E-state index in [1.165, 1.54) is 0 Å². The number of benzene rings is 2. The normalized spacial score (nSPS) is 12.6. The third kappa shape index (κ3) is 5.31. The van der Waals surface area contributed by atoms with Crippen LogP contribution in [0.25, 0.3) is 0 Å². The summed E-state index contributed by atoms with van der Waals surface area (Å²) in [7, 11) is -4.19. The van der Waals surface area contributed by atoms with Gasteiger partial charge in [0.05, 0.1) is 5.75 Å². The zero-order valence-electron chi connectivity index (χ0n) is 11.8. The van der Waals surface area contributed by atoms with Gasteiger partial charge in [0.15, 0.2) is 0 Å². The van der Waals surface area contributed by atoms with E-state index in [4.69, 9.17) is 4.55 Å². The Morgan fingerprint density at radius 2 is 1.55 bits per heavy atom. The van der Waals surface area contributed by atoms with Gasteiger partial charge < -0.3 is 5.32 Å². The molecule has 2 aromatic carbocycles. The van der Waals surface area contributed by atoms with Crippen LogP contribution in [0, 0.1) is 0 Å². The first kappa shape index (κ1) is 16.2. The molecular weight excluding hydrogens is 302 g/mol. The lowest BCUT2D eigenvalue weighted by molar-refractivity contribution is 0.0940. The highest BCUT2D eigenvalue weighted by Gasteiger charge is 2.20. The topological polar surface area (TPSA) is 83.5 Å². The molecule has 0 aliphatic rings. The number of hydrogen-bond donors (Lipinski definition) is 2. The average Bonchev–Trinajstić information content (AvgIpc) is 2.47. The molecule has 1 atom stereocenters. The molecule has 0 saturated heterocycles. The zero-order chi connectivity index (χ0) is 16.0. The summed E-state index contributed by atoms with van der Waals surface area (Å²) in [5, 5.41) is 2.66. The average molecular weight is 319 g/mol. The lowest BCUT2D eigenvalue weighted by Crippen LogP contribution is -2.41. The van der Waals surface area contributed by atoms with E-state index in [-0.39, 0.29) is 5.91 Å². The maximum absolute atomic E-state index is 12.1. The third-order valence-electron chi connectivity index (χ3n) is 3.11. The molecule has 0 radical (unpaired) electrons. The van der Waals surface area contributed by atoms with Crippen molar-refractivity contribution in [2.24, 2.45) is 0 Å². The highest BCUT2D eigenvalue weighted by atomic mass is 32.2. The van der Waals surface area contributed by atoms with Gasteiger partial charge in [-0.3, -0.25) is 9.35 Å². The predicted octanol–water partition coefficient (Wildman–Crippen LogP) is 1.92. The second-order valence-corrected chi connectivity index (χ2v) is 6.47. The summed E-state index contributed by atoms with van der Waals surface area (Å²) in [6, 6.07) is 17.0. The van der Waals surface area contributed by atoms with Crippen molar-refractivity contribution in [1.29, 1.82) is 0 Å². The van der Waals surface area contributed by atoms with E-state index in [1.807, 2.05) is 30.3 Å². The summed E-state index contributed by atoms with van der Waals surface area (Å²) >= 11 is 0. The molecule has 2 N–H and O–H groups in total. The van der Waals surface area contributed by atoms with Gasteiger partial charge in [0, 0.05) is 11.6 Å². The largest absolute Gasteiger partial charge is 0.348 e. The lowest BCUT2D eigenvalue weighted by Gasteiger charge is -2.17. The van der Waals surface area contributed by atoms with Crippen LogP contribution in [0.3, 0.4) is 0 Å². The Morgan fingerprint density at radius 3 is 2.09 bits per heavy atom. The number of carbonyl (C=O) groups excluding carboxylic acids is 1. The molecule has 0 fully saturated rings. The molecule has 22 heavy (non-hydrogen) atoms. The van der Waals surface area contributed by atoms with Crippen molar-refractivity contribution >= 4 is 16.0 Å². The molecule has 2 aromatic rings. The predicted molar refractivity (Wildman–Crippen MR) is 84.3 cm³/mol. The first-order valence-electron chi connectivity index (χ1n) is 6.79. The molecule has 1 amide bonds. The molecule has 2 rings (SSSR count). The van der Waals surface area contributed by atoms with Crippen molar-refractivity contribution in [1.82, 2.24) is 5.32 Å². The van der Waals surface area contributed by atoms with Crippen LogP contribution in [0.1, 0.15) is 15.9 Å². The molecule has 0 bridgehead atoms. The van der Waals surface area contributed by atoms with E-state index >= 15 is 0 Å². The Labute approximate surface area is 129 Å². The maximum atomic E-state index is 12.1. The van der Waals surface area contributed by atoms with Crippen LogP contribution < -0.4 is 5.32 Å². The van der Waals surface area contributed by atoms with E-state index in [0.717, 1.165) is 5.56 Å². The third-order valence-corrected chi connectivity index (χ3v) is 3.93. The second kappa shape index (κ2) is 7.20. The van der Waals surface area contributed by atoms with Crippen LogP contribution in [-0.2, 0) is 16.5 Å². The van der Waals surface area contributed by atoms with Gasteiger partial charge in [0.2, 0.25) is 0 Å². The quantitative estimate of drug-likeness (QED) is 0.797. The van der Waals surface area contributed by atoms with E-state index in [1.54, 1.807) is 30.3 Å². The minimum atomic E-state index is -4.19. The fourth-order valence-corrected chi connectivity index (χ4v) is 2.87. The van der Waals surface area contributed by atoms with E-state index < -0.39 is 21.9 Å². The van der Waals surface area contributed by atoms with Crippen LogP contribution >= 0.6 is 0 Å². The minimum absolute atomic E-state index is 0.319. The van der Waals surface area contributed by atoms with Crippen molar-refractivity contribution in [3.63, 3.8) is 0 Å². The van der Waals surface area contributed by atoms with Gasteiger partial charge in [0.25, 0.3) is 16.0 Å². The molecule has 0 heterocycles. The fourth-order valence-electron chi connectivity index (χ4n) is 2.16. The molecule has 0 spiro atoms. The standard InChI is InChI=1S/C16H17NO4S/c18-16(14-9-5-2-6-10-14)17-15(12-22(19,20)21)11-13-7-3-1-4-8-13/h1-10,15H,11-12H2,(H,17,18)(H,19,20,21). The van der Waals surface area contributed by atoms with E-state index in [2.05, 4.69) is 5.32 Å². The molecule has 0 aliphatic heterocycles. The summed E-state index contributed by atoms with van der Waals surface area (Å²) in [4.78, 5) is 12.1. The number of carbonyl (C=O) groups is 1. The first-order chi connectivity index (χ1) is 10.4. The molecule has 0 saturated carbocycles. The first-order valence-corrected chi connectivity index (χ1v) is 8.40. The monoisotopic (exact) mass is 319 g/mol. The van der Waals surface area contributed by atoms with Gasteiger partial charge in [0.1, 0.15) is 0 Å². The van der Waals surface area contributed by atoms with Gasteiger partial charge in [-0.1, -0.05) is 48.5 Å². The van der Waals surface area contributed by atoms with Crippen LogP contribution in [0.2, 0.25) is 0 Å².